The lowest BCUT2D eigenvalue weighted by Crippen LogP contribution is -2.26. The number of hydrogen-bond acceptors (Lipinski definition) is 2. The van der Waals surface area contributed by atoms with Crippen molar-refractivity contribution >= 4 is 5.91 Å². The van der Waals surface area contributed by atoms with Crippen molar-refractivity contribution < 1.29 is 9.53 Å². The summed E-state index contributed by atoms with van der Waals surface area (Å²) >= 11 is 0. The second-order valence-corrected chi connectivity index (χ2v) is 6.80. The molecule has 122 valence electrons. The van der Waals surface area contributed by atoms with Gasteiger partial charge in [0, 0.05) is 24.7 Å². The molecule has 0 radical (unpaired) electrons. The Kier molecular flexibility index (Phi) is 5.09. The van der Waals surface area contributed by atoms with Crippen LogP contribution in [0.3, 0.4) is 0 Å². The Morgan fingerprint density at radius 3 is 2.22 bits per heavy atom. The lowest BCUT2D eigenvalue weighted by Gasteiger charge is -2.21. The summed E-state index contributed by atoms with van der Waals surface area (Å²) in [5.41, 5.74) is 3.01. The van der Waals surface area contributed by atoms with Gasteiger partial charge in [-0.25, -0.2) is 0 Å². The van der Waals surface area contributed by atoms with Gasteiger partial charge < -0.3 is 9.64 Å². The van der Waals surface area contributed by atoms with Crippen LogP contribution in [0.25, 0.3) is 0 Å². The van der Waals surface area contributed by atoms with Crippen LogP contribution >= 0.6 is 0 Å². The largest absolute Gasteiger partial charge is 0.496 e. The first-order valence-corrected chi connectivity index (χ1v) is 7.81. The lowest BCUT2D eigenvalue weighted by molar-refractivity contribution is 0.0784. The molecule has 0 unspecified atom stereocenters. The molecule has 0 saturated carbocycles. The molecule has 0 aromatic heterocycles. The van der Waals surface area contributed by atoms with Crippen molar-refractivity contribution in [3.63, 3.8) is 0 Å². The molecule has 0 saturated heterocycles. The summed E-state index contributed by atoms with van der Waals surface area (Å²) in [7, 11) is 3.46. The molecule has 3 heteroatoms. The van der Waals surface area contributed by atoms with Crippen LogP contribution in [0.2, 0.25) is 0 Å². The van der Waals surface area contributed by atoms with Gasteiger partial charge in [0.2, 0.25) is 0 Å². The SMILES string of the molecule is COc1ccccc1CN(C)C(=O)c1ccc(C(C)(C)C)cc1. The van der Waals surface area contributed by atoms with E-state index in [1.807, 2.05) is 55.6 Å². The van der Waals surface area contributed by atoms with Crippen molar-refractivity contribution in [3.8, 4) is 5.75 Å². The van der Waals surface area contributed by atoms with E-state index in [1.54, 1.807) is 12.0 Å². The molecule has 23 heavy (non-hydrogen) atoms. The maximum atomic E-state index is 12.6. The van der Waals surface area contributed by atoms with E-state index in [0.29, 0.717) is 12.1 Å². The Morgan fingerprint density at radius 1 is 1.04 bits per heavy atom. The molecule has 0 heterocycles. The maximum Gasteiger partial charge on any atom is 0.253 e. The highest BCUT2D eigenvalue weighted by Crippen LogP contribution is 2.23. The molecule has 1 amide bonds. The topological polar surface area (TPSA) is 29.5 Å². The fraction of sp³-hybridized carbons (Fsp3) is 0.350. The van der Waals surface area contributed by atoms with Gasteiger partial charge in [-0.3, -0.25) is 4.79 Å². The number of para-hydroxylation sites is 1. The number of amides is 1. The van der Waals surface area contributed by atoms with Crippen LogP contribution in [-0.4, -0.2) is 25.0 Å². The number of hydrogen-bond donors (Lipinski definition) is 0. The number of ether oxygens (including phenoxy) is 1. The van der Waals surface area contributed by atoms with Gasteiger partial charge in [-0.15, -0.1) is 0 Å². The molecule has 0 spiro atoms. The molecule has 0 atom stereocenters. The summed E-state index contributed by atoms with van der Waals surface area (Å²) in [6.45, 7) is 7.01. The van der Waals surface area contributed by atoms with Crippen molar-refractivity contribution in [1.82, 2.24) is 4.90 Å². The van der Waals surface area contributed by atoms with E-state index in [0.717, 1.165) is 11.3 Å². The average molecular weight is 311 g/mol. The Balaban J connectivity index is 2.13. The second kappa shape index (κ2) is 6.86. The van der Waals surface area contributed by atoms with E-state index in [4.69, 9.17) is 4.74 Å². The molecule has 2 rings (SSSR count). The molecule has 0 fully saturated rings. The Labute approximate surface area is 138 Å². The highest BCUT2D eigenvalue weighted by atomic mass is 16.5. The van der Waals surface area contributed by atoms with Crippen molar-refractivity contribution in [1.29, 1.82) is 0 Å². The highest BCUT2D eigenvalue weighted by molar-refractivity contribution is 5.94. The van der Waals surface area contributed by atoms with Crippen LogP contribution in [0.4, 0.5) is 0 Å². The monoisotopic (exact) mass is 311 g/mol. The zero-order chi connectivity index (χ0) is 17.0. The molecule has 2 aromatic rings. The number of benzene rings is 2. The quantitative estimate of drug-likeness (QED) is 0.844. The van der Waals surface area contributed by atoms with E-state index in [1.165, 1.54) is 5.56 Å². The molecular weight excluding hydrogens is 286 g/mol. The summed E-state index contributed by atoms with van der Waals surface area (Å²) in [6.07, 6.45) is 0. The van der Waals surface area contributed by atoms with E-state index in [9.17, 15) is 4.79 Å². The van der Waals surface area contributed by atoms with Gasteiger partial charge in [0.1, 0.15) is 5.75 Å². The first-order chi connectivity index (χ1) is 10.8. The van der Waals surface area contributed by atoms with Gasteiger partial charge >= 0.3 is 0 Å². The van der Waals surface area contributed by atoms with Gasteiger partial charge in [-0.1, -0.05) is 51.1 Å². The summed E-state index contributed by atoms with van der Waals surface area (Å²) < 4.78 is 5.35. The summed E-state index contributed by atoms with van der Waals surface area (Å²) in [6, 6.07) is 15.6. The van der Waals surface area contributed by atoms with Crippen LogP contribution < -0.4 is 4.74 Å². The van der Waals surface area contributed by atoms with Crippen molar-refractivity contribution in [2.75, 3.05) is 14.2 Å². The second-order valence-electron chi connectivity index (χ2n) is 6.80. The van der Waals surface area contributed by atoms with Gasteiger partial charge in [-0.05, 0) is 29.2 Å². The van der Waals surface area contributed by atoms with Crippen LogP contribution in [-0.2, 0) is 12.0 Å². The average Bonchev–Trinajstić information content (AvgIpc) is 2.54. The number of carbonyl (C=O) groups is 1. The van der Waals surface area contributed by atoms with E-state index in [-0.39, 0.29) is 11.3 Å². The molecule has 2 aromatic carbocycles. The number of carbonyl (C=O) groups excluding carboxylic acids is 1. The molecule has 0 aliphatic rings. The van der Waals surface area contributed by atoms with Crippen LogP contribution in [0.1, 0.15) is 42.3 Å². The van der Waals surface area contributed by atoms with Gasteiger partial charge in [-0.2, -0.15) is 0 Å². The minimum atomic E-state index is 0.0105. The minimum absolute atomic E-state index is 0.0105. The van der Waals surface area contributed by atoms with Gasteiger partial charge in [0.05, 0.1) is 7.11 Å². The fourth-order valence-corrected chi connectivity index (χ4v) is 2.49. The molecule has 0 aliphatic heterocycles. The van der Waals surface area contributed by atoms with Crippen LogP contribution in [0.15, 0.2) is 48.5 Å². The third-order valence-corrected chi connectivity index (χ3v) is 3.94. The smallest absolute Gasteiger partial charge is 0.253 e. The van der Waals surface area contributed by atoms with Gasteiger partial charge in [0.15, 0.2) is 0 Å². The number of nitrogens with zero attached hydrogens (tertiary/aromatic N) is 1. The summed E-state index contributed by atoms with van der Waals surface area (Å²) in [5, 5.41) is 0. The van der Waals surface area contributed by atoms with Crippen LogP contribution in [0, 0.1) is 0 Å². The van der Waals surface area contributed by atoms with Crippen molar-refractivity contribution in [2.24, 2.45) is 0 Å². The molecule has 0 N–H and O–H groups in total. The molecule has 3 nitrogen and oxygen atoms in total. The maximum absolute atomic E-state index is 12.6. The Morgan fingerprint density at radius 2 is 1.65 bits per heavy atom. The van der Waals surface area contributed by atoms with Crippen LogP contribution in [0.5, 0.6) is 5.75 Å². The predicted octanol–water partition coefficient (Wildman–Crippen LogP) is 4.26. The first kappa shape index (κ1) is 17.1. The molecule has 0 bridgehead atoms. The zero-order valence-corrected chi connectivity index (χ0v) is 14.6. The third-order valence-electron chi connectivity index (χ3n) is 3.94. The fourth-order valence-electron chi connectivity index (χ4n) is 2.49. The highest BCUT2D eigenvalue weighted by Gasteiger charge is 2.17. The molecular formula is C20H25NO2. The van der Waals surface area contributed by atoms with E-state index in [2.05, 4.69) is 20.8 Å². The number of methoxy groups -OCH3 is 1. The Hall–Kier alpha value is -2.29. The van der Waals surface area contributed by atoms with E-state index < -0.39 is 0 Å². The van der Waals surface area contributed by atoms with Crippen molar-refractivity contribution in [3.05, 3.63) is 65.2 Å². The third kappa shape index (κ3) is 4.13. The lowest BCUT2D eigenvalue weighted by atomic mass is 9.86. The predicted molar refractivity (Wildman–Crippen MR) is 93.9 cm³/mol. The Bertz CT molecular complexity index is 669. The first-order valence-electron chi connectivity index (χ1n) is 7.81. The van der Waals surface area contributed by atoms with E-state index >= 15 is 0 Å². The minimum Gasteiger partial charge on any atom is -0.496 e. The summed E-state index contributed by atoms with van der Waals surface area (Å²) in [4.78, 5) is 14.3. The zero-order valence-electron chi connectivity index (χ0n) is 14.6. The standard InChI is InChI=1S/C20H25NO2/c1-20(2,3)17-12-10-15(11-13-17)19(22)21(4)14-16-8-6-7-9-18(16)23-5/h6-13H,14H2,1-5H3. The number of rotatable bonds is 4. The van der Waals surface area contributed by atoms with Crippen molar-refractivity contribution in [2.45, 2.75) is 32.7 Å². The normalized spacial score (nSPS) is 11.2. The molecule has 0 aliphatic carbocycles. The van der Waals surface area contributed by atoms with Gasteiger partial charge in [0.25, 0.3) is 5.91 Å². The summed E-state index contributed by atoms with van der Waals surface area (Å²) in [5.74, 6) is 0.812.